The van der Waals surface area contributed by atoms with Gasteiger partial charge in [0.05, 0.1) is 19.3 Å². The predicted molar refractivity (Wildman–Crippen MR) is 108 cm³/mol. The van der Waals surface area contributed by atoms with E-state index in [4.69, 9.17) is 9.47 Å². The van der Waals surface area contributed by atoms with Gasteiger partial charge in [0.25, 0.3) is 5.91 Å². The van der Waals surface area contributed by atoms with Crippen LogP contribution in [0.25, 0.3) is 0 Å². The number of nitrogens with zero attached hydrogens (tertiary/aromatic N) is 1. The first-order valence-electron chi connectivity index (χ1n) is 9.90. The number of benzene rings is 2. The smallest absolute Gasteiger partial charge is 0.272 e. The second-order valence-electron chi connectivity index (χ2n) is 7.28. The quantitative estimate of drug-likeness (QED) is 0.825. The van der Waals surface area contributed by atoms with Gasteiger partial charge >= 0.3 is 0 Å². The third-order valence-corrected chi connectivity index (χ3v) is 5.35. The summed E-state index contributed by atoms with van der Waals surface area (Å²) in [5.74, 6) is 1.46. The molecule has 0 spiro atoms. The molecule has 146 valence electrons. The molecule has 4 rings (SSSR count). The van der Waals surface area contributed by atoms with Crippen molar-refractivity contribution in [2.24, 2.45) is 0 Å². The average molecular weight is 378 g/mol. The van der Waals surface area contributed by atoms with E-state index >= 15 is 0 Å². The third kappa shape index (κ3) is 4.04. The Morgan fingerprint density at radius 3 is 2.61 bits per heavy atom. The lowest BCUT2D eigenvalue weighted by Gasteiger charge is -2.30. The summed E-state index contributed by atoms with van der Waals surface area (Å²) in [6, 6.07) is 15.3. The highest BCUT2D eigenvalue weighted by Crippen LogP contribution is 2.35. The van der Waals surface area contributed by atoms with Gasteiger partial charge in [-0.05, 0) is 61.9 Å². The van der Waals surface area contributed by atoms with Crippen LogP contribution in [-0.4, -0.2) is 24.1 Å². The maximum absolute atomic E-state index is 12.7. The van der Waals surface area contributed by atoms with Crippen LogP contribution in [0.15, 0.2) is 60.8 Å². The molecular weight excluding hydrogens is 352 g/mol. The van der Waals surface area contributed by atoms with Crippen LogP contribution in [0.2, 0.25) is 0 Å². The Balaban J connectivity index is 1.52. The van der Waals surface area contributed by atoms with E-state index in [2.05, 4.69) is 5.43 Å². The molecule has 1 fully saturated rings. The van der Waals surface area contributed by atoms with Gasteiger partial charge in [-0.3, -0.25) is 4.79 Å². The fraction of sp³-hybridized carbons (Fsp3) is 0.348. The number of amides is 1. The van der Waals surface area contributed by atoms with E-state index in [1.807, 2.05) is 54.6 Å². The Kier molecular flexibility index (Phi) is 5.63. The topological polar surface area (TPSA) is 50.8 Å². The molecule has 28 heavy (non-hydrogen) atoms. The van der Waals surface area contributed by atoms with Crippen LogP contribution >= 0.6 is 0 Å². The van der Waals surface area contributed by atoms with Crippen molar-refractivity contribution < 1.29 is 14.3 Å². The number of methoxy groups -OCH3 is 1. The molecule has 1 amide bonds. The van der Waals surface area contributed by atoms with Crippen molar-refractivity contribution in [1.29, 1.82) is 0 Å². The summed E-state index contributed by atoms with van der Waals surface area (Å²) in [6.07, 6.45) is 9.51. The van der Waals surface area contributed by atoms with Crippen LogP contribution < -0.4 is 14.9 Å². The van der Waals surface area contributed by atoms with Crippen LogP contribution in [0.4, 0.5) is 0 Å². The highest BCUT2D eigenvalue weighted by atomic mass is 16.5. The van der Waals surface area contributed by atoms with Gasteiger partial charge in [-0.2, -0.15) is 0 Å². The summed E-state index contributed by atoms with van der Waals surface area (Å²) in [5.41, 5.74) is 5.05. The number of ether oxygens (including phenoxy) is 2. The average Bonchev–Trinajstić information content (AvgIpc) is 3.27. The highest BCUT2D eigenvalue weighted by molar-refractivity contribution is 5.94. The molecule has 2 aromatic carbocycles. The SMILES string of the molecule is COc1ccc(C2CC=CN(C(=O)c3ccccc3)N2)cc1OC1CCCC1. The molecule has 1 saturated carbocycles. The fourth-order valence-corrected chi connectivity index (χ4v) is 3.81. The molecule has 2 aromatic rings. The lowest BCUT2D eigenvalue weighted by Crippen LogP contribution is -2.43. The van der Waals surface area contributed by atoms with Gasteiger partial charge in [0.2, 0.25) is 0 Å². The Hall–Kier alpha value is -2.79. The first-order chi connectivity index (χ1) is 13.7. The zero-order valence-electron chi connectivity index (χ0n) is 16.1. The molecule has 1 N–H and O–H groups in total. The Bertz CT molecular complexity index is 844. The second kappa shape index (κ2) is 8.48. The first-order valence-corrected chi connectivity index (χ1v) is 9.90. The first kappa shape index (κ1) is 18.6. The van der Waals surface area contributed by atoms with Crippen LogP contribution in [0, 0.1) is 0 Å². The normalized spacial score (nSPS) is 19.6. The molecule has 1 aliphatic heterocycles. The molecule has 0 radical (unpaired) electrons. The highest BCUT2D eigenvalue weighted by Gasteiger charge is 2.24. The van der Waals surface area contributed by atoms with Crippen molar-refractivity contribution in [1.82, 2.24) is 10.4 Å². The Labute approximate surface area is 165 Å². The van der Waals surface area contributed by atoms with Gasteiger partial charge in [0.15, 0.2) is 11.5 Å². The molecule has 0 bridgehead atoms. The number of nitrogens with one attached hydrogen (secondary N) is 1. The third-order valence-electron chi connectivity index (χ3n) is 5.35. The van der Waals surface area contributed by atoms with Gasteiger partial charge in [-0.1, -0.05) is 30.3 Å². The fourth-order valence-electron chi connectivity index (χ4n) is 3.81. The monoisotopic (exact) mass is 378 g/mol. The summed E-state index contributed by atoms with van der Waals surface area (Å²) in [6.45, 7) is 0. The molecule has 0 aromatic heterocycles. The van der Waals surface area contributed by atoms with Gasteiger partial charge < -0.3 is 9.47 Å². The van der Waals surface area contributed by atoms with Crippen LogP contribution in [0.1, 0.15) is 54.1 Å². The molecule has 1 aliphatic carbocycles. The Morgan fingerprint density at radius 1 is 1.07 bits per heavy atom. The van der Waals surface area contributed by atoms with Crippen molar-refractivity contribution in [3.8, 4) is 11.5 Å². The van der Waals surface area contributed by atoms with Crippen molar-refractivity contribution in [2.45, 2.75) is 44.2 Å². The lowest BCUT2D eigenvalue weighted by molar-refractivity contribution is 0.0713. The zero-order valence-corrected chi connectivity index (χ0v) is 16.1. The summed E-state index contributed by atoms with van der Waals surface area (Å²) in [7, 11) is 1.67. The largest absolute Gasteiger partial charge is 0.493 e. The molecule has 1 atom stereocenters. The second-order valence-corrected chi connectivity index (χ2v) is 7.28. The van der Waals surface area contributed by atoms with Crippen molar-refractivity contribution in [2.75, 3.05) is 7.11 Å². The minimum Gasteiger partial charge on any atom is -0.493 e. The number of hydrogen-bond donors (Lipinski definition) is 1. The maximum Gasteiger partial charge on any atom is 0.272 e. The summed E-state index contributed by atoms with van der Waals surface area (Å²) in [4.78, 5) is 12.7. The number of carbonyl (C=O) groups is 1. The molecule has 2 aliphatic rings. The summed E-state index contributed by atoms with van der Waals surface area (Å²) in [5, 5.41) is 1.56. The van der Waals surface area contributed by atoms with Gasteiger partial charge in [-0.15, -0.1) is 0 Å². The van der Waals surface area contributed by atoms with E-state index in [1.54, 1.807) is 18.3 Å². The van der Waals surface area contributed by atoms with Gasteiger partial charge in [0, 0.05) is 11.8 Å². The van der Waals surface area contributed by atoms with E-state index < -0.39 is 0 Å². The minimum atomic E-state index is -0.0718. The molecule has 5 heteroatoms. The lowest BCUT2D eigenvalue weighted by atomic mass is 10.0. The van der Waals surface area contributed by atoms with E-state index in [9.17, 15) is 4.79 Å². The zero-order chi connectivity index (χ0) is 19.3. The molecule has 1 heterocycles. The molecule has 5 nitrogen and oxygen atoms in total. The number of rotatable bonds is 5. The summed E-state index contributed by atoms with van der Waals surface area (Å²) >= 11 is 0. The van der Waals surface area contributed by atoms with Crippen molar-refractivity contribution >= 4 is 5.91 Å². The van der Waals surface area contributed by atoms with Crippen LogP contribution in [0.5, 0.6) is 11.5 Å². The van der Waals surface area contributed by atoms with Crippen LogP contribution in [0.3, 0.4) is 0 Å². The van der Waals surface area contributed by atoms with Gasteiger partial charge in [0.1, 0.15) is 0 Å². The molecular formula is C23H26N2O3. The van der Waals surface area contributed by atoms with Crippen molar-refractivity contribution in [3.05, 3.63) is 71.9 Å². The van der Waals surface area contributed by atoms with Crippen LogP contribution in [-0.2, 0) is 0 Å². The van der Waals surface area contributed by atoms with Crippen molar-refractivity contribution in [3.63, 3.8) is 0 Å². The predicted octanol–water partition coefficient (Wildman–Crippen LogP) is 4.62. The molecule has 0 saturated heterocycles. The van der Waals surface area contributed by atoms with Gasteiger partial charge in [-0.25, -0.2) is 10.4 Å². The van der Waals surface area contributed by atoms with E-state index in [1.165, 1.54) is 12.8 Å². The molecule has 1 unspecified atom stereocenters. The van der Waals surface area contributed by atoms with E-state index in [0.29, 0.717) is 5.56 Å². The Morgan fingerprint density at radius 2 is 1.86 bits per heavy atom. The standard InChI is InChI=1S/C23H26N2O3/c1-27-21-14-13-18(16-22(21)28-19-10-5-6-11-19)20-12-7-15-25(24-20)23(26)17-8-3-2-4-9-17/h2-4,7-9,13-16,19-20,24H,5-6,10-12H2,1H3. The summed E-state index contributed by atoms with van der Waals surface area (Å²) < 4.78 is 11.7. The van der Waals surface area contributed by atoms with E-state index in [0.717, 1.165) is 36.3 Å². The maximum atomic E-state index is 12.7. The van der Waals surface area contributed by atoms with E-state index in [-0.39, 0.29) is 18.1 Å². The minimum absolute atomic E-state index is 0.00510. The number of hydrazine groups is 1. The number of carbonyl (C=O) groups excluding carboxylic acids is 1. The number of hydrogen-bond acceptors (Lipinski definition) is 4.